The van der Waals surface area contributed by atoms with Crippen LogP contribution < -0.4 is 22.1 Å². The van der Waals surface area contributed by atoms with E-state index in [0.29, 0.717) is 32.0 Å². The third kappa shape index (κ3) is 8.56. The van der Waals surface area contributed by atoms with Gasteiger partial charge in [-0.05, 0) is 61.9 Å². The van der Waals surface area contributed by atoms with Gasteiger partial charge in [0.1, 0.15) is 6.04 Å². The van der Waals surface area contributed by atoms with Crippen LogP contribution >= 0.6 is 0 Å². The minimum atomic E-state index is -4.57. The summed E-state index contributed by atoms with van der Waals surface area (Å²) < 4.78 is 39.3. The van der Waals surface area contributed by atoms with Gasteiger partial charge in [0.15, 0.2) is 0 Å². The van der Waals surface area contributed by atoms with Gasteiger partial charge in [-0.1, -0.05) is 36.4 Å². The molecule has 1 fully saturated rings. The lowest BCUT2D eigenvalue weighted by Crippen LogP contribution is -2.52. The van der Waals surface area contributed by atoms with E-state index >= 15 is 0 Å². The second-order valence-corrected chi connectivity index (χ2v) is 9.52. The van der Waals surface area contributed by atoms with Crippen LogP contribution in [-0.2, 0) is 27.0 Å². The van der Waals surface area contributed by atoms with Crippen LogP contribution in [-0.4, -0.2) is 54.3 Å². The van der Waals surface area contributed by atoms with Crippen LogP contribution in [0.2, 0.25) is 0 Å². The molecule has 2 atom stereocenters. The highest BCUT2D eigenvalue weighted by molar-refractivity contribution is 5.98. The molecule has 0 aliphatic carbocycles. The standard InChI is InChI=1S/C27H34F3N5O3/c28-27(29,30)20-7-4-8-21(15-20)33-26(38)23(10-9-18-5-2-1-3-6-18)34-25(37)22(32)16-24(36)35-13-11-19(17-31)12-14-35/h1-8,15,19,22-23H,9-14,16-17,31-32H2,(H,33,38)(H,34,37). The monoisotopic (exact) mass is 533 g/mol. The lowest BCUT2D eigenvalue weighted by Gasteiger charge is -2.32. The fourth-order valence-electron chi connectivity index (χ4n) is 4.33. The van der Waals surface area contributed by atoms with Gasteiger partial charge in [-0.25, -0.2) is 0 Å². The first-order valence-electron chi connectivity index (χ1n) is 12.6. The number of carbonyl (C=O) groups is 3. The van der Waals surface area contributed by atoms with E-state index in [1.54, 1.807) is 4.90 Å². The minimum absolute atomic E-state index is 0.0517. The van der Waals surface area contributed by atoms with Crippen LogP contribution in [0.4, 0.5) is 18.9 Å². The fraction of sp³-hybridized carbons (Fsp3) is 0.444. The van der Waals surface area contributed by atoms with Crippen molar-refractivity contribution in [3.63, 3.8) is 0 Å². The highest BCUT2D eigenvalue weighted by atomic mass is 19.4. The number of nitrogens with two attached hydrogens (primary N) is 2. The normalized spacial score (nSPS) is 16.0. The number of halogens is 3. The lowest BCUT2D eigenvalue weighted by atomic mass is 9.96. The van der Waals surface area contributed by atoms with Crippen LogP contribution in [0.3, 0.4) is 0 Å². The van der Waals surface area contributed by atoms with E-state index < -0.39 is 35.6 Å². The van der Waals surface area contributed by atoms with Crippen LogP contribution in [0.5, 0.6) is 0 Å². The summed E-state index contributed by atoms with van der Waals surface area (Å²) in [4.78, 5) is 40.2. The number of nitrogens with zero attached hydrogens (tertiary/aromatic N) is 1. The van der Waals surface area contributed by atoms with Gasteiger partial charge in [-0.2, -0.15) is 13.2 Å². The Bertz CT molecular complexity index is 1090. The molecule has 1 aliphatic rings. The smallest absolute Gasteiger partial charge is 0.343 e. The van der Waals surface area contributed by atoms with Gasteiger partial charge in [-0.3, -0.25) is 14.4 Å². The molecule has 206 valence electrons. The topological polar surface area (TPSA) is 131 Å². The molecular weight excluding hydrogens is 499 g/mol. The molecule has 2 aromatic rings. The Kier molecular flexibility index (Phi) is 10.3. The minimum Gasteiger partial charge on any atom is -0.343 e. The van der Waals surface area contributed by atoms with E-state index in [9.17, 15) is 27.6 Å². The molecule has 6 N–H and O–H groups in total. The molecule has 38 heavy (non-hydrogen) atoms. The quantitative estimate of drug-likeness (QED) is 0.373. The van der Waals surface area contributed by atoms with Crippen molar-refractivity contribution >= 4 is 23.4 Å². The number of alkyl halides is 3. The van der Waals surface area contributed by atoms with Gasteiger partial charge in [0.25, 0.3) is 0 Å². The molecule has 1 heterocycles. The Labute approximate surface area is 219 Å². The molecule has 0 aromatic heterocycles. The molecule has 3 amide bonds. The number of rotatable bonds is 10. The second kappa shape index (κ2) is 13.4. The van der Waals surface area contributed by atoms with Crippen molar-refractivity contribution in [3.8, 4) is 0 Å². The maximum Gasteiger partial charge on any atom is 0.416 e. The van der Waals surface area contributed by atoms with Crippen molar-refractivity contribution in [1.29, 1.82) is 0 Å². The zero-order valence-corrected chi connectivity index (χ0v) is 21.0. The van der Waals surface area contributed by atoms with Gasteiger partial charge >= 0.3 is 6.18 Å². The zero-order chi connectivity index (χ0) is 27.7. The average molecular weight is 534 g/mol. The maximum atomic E-state index is 13.1. The predicted molar refractivity (Wildman–Crippen MR) is 138 cm³/mol. The molecule has 2 aromatic carbocycles. The lowest BCUT2D eigenvalue weighted by molar-refractivity contribution is -0.137. The second-order valence-electron chi connectivity index (χ2n) is 9.52. The summed E-state index contributed by atoms with van der Waals surface area (Å²) in [7, 11) is 0. The Morgan fingerprint density at radius 3 is 2.32 bits per heavy atom. The summed E-state index contributed by atoms with van der Waals surface area (Å²) in [5.41, 5.74) is 11.7. The highest BCUT2D eigenvalue weighted by Gasteiger charge is 2.31. The van der Waals surface area contributed by atoms with Gasteiger partial charge < -0.3 is 27.0 Å². The molecule has 2 unspecified atom stereocenters. The van der Waals surface area contributed by atoms with Crippen molar-refractivity contribution in [2.75, 3.05) is 25.0 Å². The Morgan fingerprint density at radius 1 is 1.00 bits per heavy atom. The number of aryl methyl sites for hydroxylation is 1. The third-order valence-electron chi connectivity index (χ3n) is 6.69. The number of anilines is 1. The summed E-state index contributed by atoms with van der Waals surface area (Å²) in [5.74, 6) is -1.25. The van der Waals surface area contributed by atoms with Gasteiger partial charge in [0.05, 0.1) is 18.0 Å². The van der Waals surface area contributed by atoms with Gasteiger partial charge in [0, 0.05) is 18.8 Å². The highest BCUT2D eigenvalue weighted by Crippen LogP contribution is 2.30. The fourth-order valence-corrected chi connectivity index (χ4v) is 4.33. The van der Waals surface area contributed by atoms with Gasteiger partial charge in [0.2, 0.25) is 17.7 Å². The summed E-state index contributed by atoms with van der Waals surface area (Å²) >= 11 is 0. The molecular formula is C27H34F3N5O3. The molecule has 11 heteroatoms. The van der Waals surface area contributed by atoms with Crippen LogP contribution in [0.15, 0.2) is 54.6 Å². The van der Waals surface area contributed by atoms with E-state index in [-0.39, 0.29) is 24.4 Å². The Hall–Kier alpha value is -3.44. The summed E-state index contributed by atoms with van der Waals surface area (Å²) in [6.07, 6.45) is -2.61. The Balaban J connectivity index is 1.65. The van der Waals surface area contributed by atoms with E-state index in [2.05, 4.69) is 10.6 Å². The van der Waals surface area contributed by atoms with Crippen LogP contribution in [0.1, 0.15) is 36.8 Å². The number of hydrogen-bond acceptors (Lipinski definition) is 5. The largest absolute Gasteiger partial charge is 0.416 e. The van der Waals surface area contributed by atoms with Crippen molar-refractivity contribution in [1.82, 2.24) is 10.2 Å². The summed E-state index contributed by atoms with van der Waals surface area (Å²) in [6, 6.07) is 11.2. The predicted octanol–water partition coefficient (Wildman–Crippen LogP) is 2.68. The molecule has 0 radical (unpaired) electrons. The zero-order valence-electron chi connectivity index (χ0n) is 21.0. The average Bonchev–Trinajstić information content (AvgIpc) is 2.91. The van der Waals surface area contributed by atoms with Gasteiger partial charge in [-0.15, -0.1) is 0 Å². The number of nitrogens with one attached hydrogen (secondary N) is 2. The summed E-state index contributed by atoms with van der Waals surface area (Å²) in [5, 5.41) is 5.05. The molecule has 1 saturated heterocycles. The molecule has 0 spiro atoms. The Morgan fingerprint density at radius 2 is 1.68 bits per heavy atom. The number of carbonyl (C=O) groups excluding carboxylic acids is 3. The SMILES string of the molecule is NCC1CCN(C(=O)CC(N)C(=O)NC(CCc2ccccc2)C(=O)Nc2cccc(C(F)(F)F)c2)CC1. The number of likely N-dealkylation sites (tertiary alicyclic amines) is 1. The van der Waals surface area contributed by atoms with E-state index in [0.717, 1.165) is 30.5 Å². The molecule has 8 nitrogen and oxygen atoms in total. The number of piperidine rings is 1. The van der Waals surface area contributed by atoms with E-state index in [4.69, 9.17) is 11.5 Å². The van der Waals surface area contributed by atoms with Crippen molar-refractivity contribution < 1.29 is 27.6 Å². The van der Waals surface area contributed by atoms with Crippen molar-refractivity contribution in [3.05, 3.63) is 65.7 Å². The first-order chi connectivity index (χ1) is 18.1. The number of amides is 3. The molecule has 0 bridgehead atoms. The number of hydrogen-bond donors (Lipinski definition) is 4. The van der Waals surface area contributed by atoms with E-state index in [1.165, 1.54) is 12.1 Å². The van der Waals surface area contributed by atoms with Crippen LogP contribution in [0, 0.1) is 5.92 Å². The molecule has 0 saturated carbocycles. The van der Waals surface area contributed by atoms with Crippen molar-refractivity contribution in [2.24, 2.45) is 17.4 Å². The van der Waals surface area contributed by atoms with Crippen LogP contribution in [0.25, 0.3) is 0 Å². The molecule has 1 aliphatic heterocycles. The number of benzene rings is 2. The third-order valence-corrected chi connectivity index (χ3v) is 6.69. The van der Waals surface area contributed by atoms with E-state index in [1.807, 2.05) is 30.3 Å². The first kappa shape index (κ1) is 29.1. The summed E-state index contributed by atoms with van der Waals surface area (Å²) in [6.45, 7) is 1.67. The van der Waals surface area contributed by atoms with Crippen molar-refractivity contribution in [2.45, 2.75) is 50.4 Å². The maximum absolute atomic E-state index is 13.1. The molecule has 3 rings (SSSR count). The first-order valence-corrected chi connectivity index (χ1v) is 12.6.